The van der Waals surface area contributed by atoms with Crippen LogP contribution in [-0.4, -0.2) is 38.5 Å². The van der Waals surface area contributed by atoms with Gasteiger partial charge in [-0.25, -0.2) is 0 Å². The van der Waals surface area contributed by atoms with E-state index in [0.29, 0.717) is 0 Å². The number of rotatable bonds is 0. The van der Waals surface area contributed by atoms with E-state index in [1.165, 1.54) is 13.1 Å². The van der Waals surface area contributed by atoms with Gasteiger partial charge in [-0.05, 0) is 7.05 Å². The second-order valence-electron chi connectivity index (χ2n) is 2.74. The van der Waals surface area contributed by atoms with Gasteiger partial charge in [-0.15, -0.1) is 0 Å². The minimum absolute atomic E-state index is 0.722. The predicted molar refractivity (Wildman–Crippen MR) is 39.1 cm³/mol. The van der Waals surface area contributed by atoms with Crippen molar-refractivity contribution in [1.29, 1.82) is 0 Å². The van der Waals surface area contributed by atoms with Crippen molar-refractivity contribution in [3.05, 3.63) is 0 Å². The average Bonchev–Trinajstić information content (AvgIpc) is 2.12. The van der Waals surface area contributed by atoms with Crippen molar-refractivity contribution in [3.63, 3.8) is 0 Å². The number of likely N-dealkylation sites (N-methyl/N-ethyl adjacent to an activating group) is 1. The van der Waals surface area contributed by atoms with Gasteiger partial charge in [0.25, 0.3) is 0 Å². The Kier molecular flexibility index (Phi) is 4.55. The Hall–Kier alpha value is -0.295. The summed E-state index contributed by atoms with van der Waals surface area (Å²) < 4.78 is 39.0. The third-order valence-corrected chi connectivity index (χ3v) is 1.68. The van der Waals surface area contributed by atoms with Crippen LogP contribution in [0.15, 0.2) is 0 Å². The summed E-state index contributed by atoms with van der Waals surface area (Å²) in [5.41, 5.74) is 0. The van der Waals surface area contributed by atoms with Gasteiger partial charge in [0, 0.05) is 6.92 Å². The van der Waals surface area contributed by atoms with E-state index in [4.69, 9.17) is 0 Å². The van der Waals surface area contributed by atoms with E-state index in [1.807, 2.05) is 0 Å². The van der Waals surface area contributed by atoms with Crippen LogP contribution >= 0.6 is 0 Å². The fourth-order valence-electron chi connectivity index (χ4n) is 0.903. The Bertz CT molecular complexity index is 115. The van der Waals surface area contributed by atoms with Crippen LogP contribution in [0.25, 0.3) is 0 Å². The molecule has 1 atom stereocenters. The zero-order valence-corrected chi connectivity index (χ0v) is 7.11. The molecule has 0 spiro atoms. The van der Waals surface area contributed by atoms with E-state index in [9.17, 15) is 17.3 Å². The van der Waals surface area contributed by atoms with E-state index in [0.717, 1.165) is 6.17 Å². The quantitative estimate of drug-likeness (QED) is 0.423. The molecule has 7 heteroatoms. The van der Waals surface area contributed by atoms with Gasteiger partial charge in [0.1, 0.15) is 6.17 Å². The number of halogens is 4. The molecule has 74 valence electrons. The lowest BCUT2D eigenvalue weighted by atomic mass is 10.3. The lowest BCUT2D eigenvalue weighted by Crippen LogP contribution is -2.87. The predicted octanol–water partition coefficient (Wildman–Crippen LogP) is 0.141. The first kappa shape index (κ1) is 11.7. The Morgan fingerprint density at radius 2 is 1.75 bits per heavy atom. The minimum atomic E-state index is -6.00. The molecule has 0 saturated carbocycles. The van der Waals surface area contributed by atoms with E-state index in [-0.39, 0.29) is 0 Å². The molecular weight excluding hydrogens is 175 g/mol. The molecule has 1 heterocycles. The summed E-state index contributed by atoms with van der Waals surface area (Å²) in [5, 5.41) is 2.35. The molecule has 2 N–H and O–H groups in total. The zero-order chi connectivity index (χ0) is 9.78. The highest BCUT2D eigenvalue weighted by Crippen LogP contribution is 2.06. The molecule has 1 rings (SSSR count). The Morgan fingerprint density at radius 3 is 1.83 bits per heavy atom. The molecule has 1 saturated heterocycles. The molecule has 1 unspecified atom stereocenters. The highest BCUT2D eigenvalue weighted by atomic mass is 19.5. The van der Waals surface area contributed by atoms with Crippen molar-refractivity contribution in [2.24, 2.45) is 0 Å². The largest absolute Gasteiger partial charge is 0.673 e. The maximum Gasteiger partial charge on any atom is 0.673 e. The summed E-state index contributed by atoms with van der Waals surface area (Å²) in [4.78, 5) is 2.35. The third-order valence-electron chi connectivity index (χ3n) is 1.68. The first-order chi connectivity index (χ1) is 5.30. The van der Waals surface area contributed by atoms with Crippen LogP contribution in [0, 0.1) is 0 Å². The van der Waals surface area contributed by atoms with Gasteiger partial charge in [0.15, 0.2) is 0 Å². The van der Waals surface area contributed by atoms with Gasteiger partial charge in [-0.1, -0.05) is 0 Å². The monoisotopic (exact) mass is 188 g/mol. The van der Waals surface area contributed by atoms with Gasteiger partial charge < -0.3 is 22.6 Å². The molecule has 1 aliphatic heterocycles. The topological polar surface area (TPSA) is 19.9 Å². The van der Waals surface area contributed by atoms with Crippen molar-refractivity contribution in [3.8, 4) is 0 Å². The van der Waals surface area contributed by atoms with Crippen LogP contribution in [-0.2, 0) is 0 Å². The molecule has 0 aromatic carbocycles. The average molecular weight is 188 g/mol. The molecule has 0 aliphatic carbocycles. The minimum Gasteiger partial charge on any atom is -0.418 e. The first-order valence-corrected chi connectivity index (χ1v) is 3.71. The molecule has 0 aromatic heterocycles. The van der Waals surface area contributed by atoms with E-state index in [1.54, 1.807) is 0 Å². The Morgan fingerprint density at radius 1 is 1.33 bits per heavy atom. The number of quaternary nitrogens is 1. The van der Waals surface area contributed by atoms with Crippen molar-refractivity contribution in [1.82, 2.24) is 4.90 Å². The summed E-state index contributed by atoms with van der Waals surface area (Å²) in [7, 11) is -3.84. The number of hydrogen-bond acceptors (Lipinski definition) is 1. The SMILES string of the molecule is CC1[NH2+]CCN1C.F[B-](F)(F)F. The highest BCUT2D eigenvalue weighted by Gasteiger charge is 2.20. The second kappa shape index (κ2) is 4.66. The molecule has 12 heavy (non-hydrogen) atoms. The maximum absolute atomic E-state index is 9.75. The zero-order valence-electron chi connectivity index (χ0n) is 7.11. The Labute approximate surface area is 69.0 Å². The maximum atomic E-state index is 9.75. The van der Waals surface area contributed by atoms with Crippen LogP contribution in [0.5, 0.6) is 0 Å². The van der Waals surface area contributed by atoms with Crippen LogP contribution in [0.1, 0.15) is 6.92 Å². The van der Waals surface area contributed by atoms with Gasteiger partial charge >= 0.3 is 7.25 Å². The van der Waals surface area contributed by atoms with Crippen molar-refractivity contribution in [2.75, 3.05) is 20.1 Å². The third kappa shape index (κ3) is 7.81. The molecule has 0 amide bonds. The lowest BCUT2D eigenvalue weighted by molar-refractivity contribution is -0.675. The van der Waals surface area contributed by atoms with Crippen LogP contribution in [0.4, 0.5) is 17.3 Å². The number of nitrogens with two attached hydrogens (primary N) is 1. The van der Waals surface area contributed by atoms with E-state index < -0.39 is 7.25 Å². The summed E-state index contributed by atoms with van der Waals surface area (Å²) in [6.45, 7) is 4.76. The van der Waals surface area contributed by atoms with E-state index in [2.05, 4.69) is 24.2 Å². The van der Waals surface area contributed by atoms with Crippen LogP contribution in [0.2, 0.25) is 0 Å². The first-order valence-electron chi connectivity index (χ1n) is 3.71. The second-order valence-corrected chi connectivity index (χ2v) is 2.74. The van der Waals surface area contributed by atoms with Gasteiger partial charge in [-0.3, -0.25) is 4.90 Å². The molecule has 1 fully saturated rings. The van der Waals surface area contributed by atoms with Crippen LogP contribution < -0.4 is 5.32 Å². The smallest absolute Gasteiger partial charge is 0.418 e. The van der Waals surface area contributed by atoms with E-state index >= 15 is 0 Å². The molecule has 2 nitrogen and oxygen atoms in total. The fraction of sp³-hybridized carbons (Fsp3) is 1.00. The van der Waals surface area contributed by atoms with Gasteiger partial charge in [0.05, 0.1) is 13.1 Å². The fourth-order valence-corrected chi connectivity index (χ4v) is 0.903. The summed E-state index contributed by atoms with van der Waals surface area (Å²) in [6.07, 6.45) is 0.722. The summed E-state index contributed by atoms with van der Waals surface area (Å²) >= 11 is 0. The standard InChI is InChI=1S/C5H12N2.BF4/c1-5-6-3-4-7(5)2;2-1(3,4)5/h5-6H,3-4H2,1-2H3;/q;-1/p+1. The van der Waals surface area contributed by atoms with Crippen molar-refractivity contribution < 1.29 is 22.6 Å². The molecule has 1 aliphatic rings. The van der Waals surface area contributed by atoms with Gasteiger partial charge in [-0.2, -0.15) is 0 Å². The summed E-state index contributed by atoms with van der Waals surface area (Å²) in [5.74, 6) is 0. The Balaban J connectivity index is 0.000000217. The molecule has 0 aromatic rings. The lowest BCUT2D eigenvalue weighted by Gasteiger charge is -2.07. The number of hydrogen-bond donors (Lipinski definition) is 1. The molecule has 0 bridgehead atoms. The number of nitrogens with zero attached hydrogens (tertiary/aromatic N) is 1. The summed E-state index contributed by atoms with van der Waals surface area (Å²) in [6, 6.07) is 0. The van der Waals surface area contributed by atoms with Crippen molar-refractivity contribution >= 4 is 7.25 Å². The van der Waals surface area contributed by atoms with Gasteiger partial charge in [0.2, 0.25) is 0 Å². The van der Waals surface area contributed by atoms with Crippen LogP contribution in [0.3, 0.4) is 0 Å². The molecule has 0 radical (unpaired) electrons. The van der Waals surface area contributed by atoms with Crippen molar-refractivity contribution in [2.45, 2.75) is 13.1 Å². The highest BCUT2D eigenvalue weighted by molar-refractivity contribution is 6.50. The molecular formula is C5H13BF4N2. The normalized spacial score (nSPS) is 25.0.